The number of alkyl halides is 1. The fraction of sp³-hybridized carbons (Fsp3) is 0.529. The van der Waals surface area contributed by atoms with E-state index in [2.05, 4.69) is 70.9 Å². The Labute approximate surface area is 247 Å². The highest BCUT2D eigenvalue weighted by molar-refractivity contribution is 6.21. The van der Waals surface area contributed by atoms with E-state index >= 15 is 0 Å². The van der Waals surface area contributed by atoms with Crippen molar-refractivity contribution >= 4 is 28.7 Å². The molecule has 1 aromatic carbocycles. The first-order valence-corrected chi connectivity index (χ1v) is 15.5. The van der Waals surface area contributed by atoms with Gasteiger partial charge in [0.05, 0.1) is 19.3 Å². The van der Waals surface area contributed by atoms with E-state index in [9.17, 15) is 0 Å². The first-order valence-electron chi connectivity index (χ1n) is 15.1. The third kappa shape index (κ3) is 7.43. The summed E-state index contributed by atoms with van der Waals surface area (Å²) in [5.41, 5.74) is 7.48. The van der Waals surface area contributed by atoms with Gasteiger partial charge in [-0.05, 0) is 62.8 Å². The van der Waals surface area contributed by atoms with E-state index in [0.29, 0.717) is 11.3 Å². The molecule has 2 N–H and O–H groups in total. The van der Waals surface area contributed by atoms with Crippen LogP contribution in [0.5, 0.6) is 0 Å². The number of rotatable bonds is 10. The van der Waals surface area contributed by atoms with Gasteiger partial charge in [-0.2, -0.15) is 0 Å². The minimum Gasteiger partial charge on any atom is -0.380 e. The molecule has 2 atom stereocenters. The van der Waals surface area contributed by atoms with E-state index in [1.54, 1.807) is 0 Å². The SMILES string of the molecule is C=C(Nc1ccc(C(=C)N2CCNCC2/C(C)=C/C=C\C=C/C(C)Cl)c(N2CCC3(COC3)C2)c1)C1CC1.CC. The maximum Gasteiger partial charge on any atom is 0.0627 e. The zero-order chi connectivity index (χ0) is 28.7. The normalized spacial score (nSPS) is 23.2. The van der Waals surface area contributed by atoms with E-state index in [0.717, 1.165) is 63.0 Å². The van der Waals surface area contributed by atoms with Gasteiger partial charge in [0.2, 0.25) is 0 Å². The number of ether oxygens (including phenoxy) is 1. The second-order valence-corrected chi connectivity index (χ2v) is 12.2. The lowest BCUT2D eigenvalue weighted by Gasteiger charge is -2.41. The number of hydrogen-bond donors (Lipinski definition) is 2. The molecule has 1 aliphatic carbocycles. The summed E-state index contributed by atoms with van der Waals surface area (Å²) in [4.78, 5) is 5.04. The lowest BCUT2D eigenvalue weighted by Crippen LogP contribution is -2.50. The molecule has 5 nitrogen and oxygen atoms in total. The molecule has 1 saturated carbocycles. The van der Waals surface area contributed by atoms with Gasteiger partial charge in [0.1, 0.15) is 0 Å². The van der Waals surface area contributed by atoms with E-state index in [1.807, 2.05) is 39.0 Å². The molecule has 6 heteroatoms. The monoisotopic (exact) mass is 564 g/mol. The topological polar surface area (TPSA) is 39.8 Å². The first kappa shape index (κ1) is 30.5. The lowest BCUT2D eigenvalue weighted by atomic mass is 9.85. The Morgan fingerprint density at radius 1 is 1.18 bits per heavy atom. The Hall–Kier alpha value is -2.47. The zero-order valence-electron chi connectivity index (χ0n) is 25.0. The van der Waals surface area contributed by atoms with Crippen LogP contribution in [0, 0.1) is 11.3 Å². The molecule has 4 aliphatic rings. The van der Waals surface area contributed by atoms with Gasteiger partial charge in [-0.3, -0.25) is 0 Å². The van der Waals surface area contributed by atoms with Crippen molar-refractivity contribution in [3.8, 4) is 0 Å². The van der Waals surface area contributed by atoms with Crippen molar-refractivity contribution in [2.24, 2.45) is 11.3 Å². The van der Waals surface area contributed by atoms with Crippen molar-refractivity contribution in [3.05, 3.63) is 78.6 Å². The van der Waals surface area contributed by atoms with Crippen molar-refractivity contribution < 1.29 is 4.74 Å². The van der Waals surface area contributed by atoms with Crippen LogP contribution in [0.1, 0.15) is 52.5 Å². The standard InChI is InChI=1S/C32H43ClN4O.C2H6/c1-23(8-6-5-7-9-24(2)33)31-19-34-15-17-37(31)26(4)29-13-12-28(35-25(3)27-10-11-27)18-30(29)36-16-14-32(20-36)21-38-22-32;1-2/h5-9,12-13,18,24,27,31,34-35H,3-4,10-11,14-17,19-22H2,1-2H3;1-2H3/b6-5-,9-7-,23-8+;. The Balaban J connectivity index is 0.00000181. The van der Waals surface area contributed by atoms with Gasteiger partial charge in [-0.1, -0.05) is 57.4 Å². The van der Waals surface area contributed by atoms with Crippen molar-refractivity contribution in [2.45, 2.75) is 58.4 Å². The van der Waals surface area contributed by atoms with Gasteiger partial charge in [-0.15, -0.1) is 11.6 Å². The lowest BCUT2D eigenvalue weighted by molar-refractivity contribution is -0.0985. The summed E-state index contributed by atoms with van der Waals surface area (Å²) in [7, 11) is 0. The highest BCUT2D eigenvalue weighted by atomic mass is 35.5. The fourth-order valence-electron chi connectivity index (χ4n) is 5.79. The molecule has 0 radical (unpaired) electrons. The largest absolute Gasteiger partial charge is 0.380 e. The van der Waals surface area contributed by atoms with Gasteiger partial charge < -0.3 is 25.2 Å². The Kier molecular flexibility index (Phi) is 10.6. The summed E-state index contributed by atoms with van der Waals surface area (Å²) >= 11 is 6.01. The molecule has 2 unspecified atom stereocenters. The third-order valence-electron chi connectivity index (χ3n) is 8.35. The molecule has 5 rings (SSSR count). The number of benzene rings is 1. The van der Waals surface area contributed by atoms with Crippen LogP contribution < -0.4 is 15.5 Å². The third-order valence-corrected chi connectivity index (χ3v) is 8.50. The first-order chi connectivity index (χ1) is 19.3. The molecule has 4 fully saturated rings. The van der Waals surface area contributed by atoms with Crippen LogP contribution in [0.15, 0.2) is 73.0 Å². The zero-order valence-corrected chi connectivity index (χ0v) is 25.8. The van der Waals surface area contributed by atoms with Gasteiger partial charge >= 0.3 is 0 Å². The van der Waals surface area contributed by atoms with Gasteiger partial charge in [-0.25, -0.2) is 0 Å². The Morgan fingerprint density at radius 2 is 1.95 bits per heavy atom. The van der Waals surface area contributed by atoms with Crippen molar-refractivity contribution in [1.29, 1.82) is 0 Å². The Bertz CT molecular complexity index is 1130. The molecular formula is C34H49ClN4O. The molecule has 3 saturated heterocycles. The van der Waals surface area contributed by atoms with E-state index in [1.165, 1.54) is 36.1 Å². The number of piperazine rings is 1. The summed E-state index contributed by atoms with van der Waals surface area (Å²) in [5, 5.41) is 7.23. The number of nitrogens with zero attached hydrogens (tertiary/aromatic N) is 2. The minimum atomic E-state index is 0.0379. The molecule has 0 aromatic heterocycles. The van der Waals surface area contributed by atoms with Crippen LogP contribution in [0.4, 0.5) is 11.4 Å². The summed E-state index contributed by atoms with van der Waals surface area (Å²) in [6.45, 7) is 23.8. The van der Waals surface area contributed by atoms with E-state index in [-0.39, 0.29) is 11.4 Å². The molecule has 218 valence electrons. The molecule has 0 amide bonds. The maximum atomic E-state index is 6.01. The van der Waals surface area contributed by atoms with Crippen LogP contribution in [0.3, 0.4) is 0 Å². The van der Waals surface area contributed by atoms with Crippen LogP contribution >= 0.6 is 11.6 Å². The average molecular weight is 565 g/mol. The van der Waals surface area contributed by atoms with Crippen molar-refractivity contribution in [1.82, 2.24) is 10.2 Å². The van der Waals surface area contributed by atoms with Gasteiger partial charge in [0, 0.05) is 71.8 Å². The second-order valence-electron chi connectivity index (χ2n) is 11.5. The summed E-state index contributed by atoms with van der Waals surface area (Å²) in [6, 6.07) is 7.03. The molecule has 3 aliphatic heterocycles. The molecule has 3 heterocycles. The van der Waals surface area contributed by atoms with Crippen molar-refractivity contribution in [3.63, 3.8) is 0 Å². The molecule has 40 heavy (non-hydrogen) atoms. The molecule has 0 bridgehead atoms. The van der Waals surface area contributed by atoms with Crippen LogP contribution in [0.25, 0.3) is 5.70 Å². The predicted molar refractivity (Wildman–Crippen MR) is 173 cm³/mol. The summed E-state index contributed by atoms with van der Waals surface area (Å²) in [6.07, 6.45) is 14.0. The molecule has 1 aromatic rings. The summed E-state index contributed by atoms with van der Waals surface area (Å²) in [5.74, 6) is 0.620. The summed E-state index contributed by atoms with van der Waals surface area (Å²) < 4.78 is 5.62. The molecule has 1 spiro atoms. The fourth-order valence-corrected chi connectivity index (χ4v) is 5.87. The average Bonchev–Trinajstić information content (AvgIpc) is 3.70. The number of allylic oxidation sites excluding steroid dienone is 6. The highest BCUT2D eigenvalue weighted by Crippen LogP contribution is 2.43. The minimum absolute atomic E-state index is 0.0379. The molecular weight excluding hydrogens is 516 g/mol. The van der Waals surface area contributed by atoms with E-state index in [4.69, 9.17) is 16.3 Å². The highest BCUT2D eigenvalue weighted by Gasteiger charge is 2.45. The maximum absolute atomic E-state index is 6.01. The smallest absolute Gasteiger partial charge is 0.0627 e. The Morgan fingerprint density at radius 3 is 2.60 bits per heavy atom. The number of anilines is 2. The van der Waals surface area contributed by atoms with Crippen molar-refractivity contribution in [2.75, 3.05) is 56.2 Å². The van der Waals surface area contributed by atoms with Crippen LogP contribution in [-0.4, -0.2) is 62.3 Å². The second kappa shape index (κ2) is 13.9. The van der Waals surface area contributed by atoms with Gasteiger partial charge in [0.15, 0.2) is 0 Å². The number of halogens is 1. The van der Waals surface area contributed by atoms with Crippen LogP contribution in [-0.2, 0) is 4.74 Å². The predicted octanol–water partition coefficient (Wildman–Crippen LogP) is 7.21. The van der Waals surface area contributed by atoms with Crippen LogP contribution in [0.2, 0.25) is 0 Å². The number of hydrogen-bond acceptors (Lipinski definition) is 5. The van der Waals surface area contributed by atoms with E-state index < -0.39 is 0 Å². The van der Waals surface area contributed by atoms with Gasteiger partial charge in [0.25, 0.3) is 0 Å². The quantitative estimate of drug-likeness (QED) is 0.232. The number of nitrogens with one attached hydrogen (secondary N) is 2.